The van der Waals surface area contributed by atoms with Gasteiger partial charge in [0, 0.05) is 24.3 Å². The van der Waals surface area contributed by atoms with Crippen LogP contribution in [0.4, 0.5) is 5.69 Å². The Kier molecular flexibility index (Phi) is 2.81. The Hall–Kier alpha value is -1.84. The number of carbonyl (C=O) groups is 2. The Morgan fingerprint density at radius 2 is 1.95 bits per heavy atom. The molecule has 0 bridgehead atoms. The topological polar surface area (TPSA) is 49.4 Å². The lowest BCUT2D eigenvalue weighted by molar-refractivity contribution is -0.115. The fourth-order valence-corrected chi connectivity index (χ4v) is 2.84. The van der Waals surface area contributed by atoms with Crippen molar-refractivity contribution in [3.8, 4) is 0 Å². The highest BCUT2D eigenvalue weighted by molar-refractivity contribution is 6.01. The van der Waals surface area contributed by atoms with Crippen LogP contribution in [-0.2, 0) is 11.2 Å². The summed E-state index contributed by atoms with van der Waals surface area (Å²) in [4.78, 5) is 25.7. The number of carbonyl (C=O) groups excluding carboxylic acids is 2. The molecule has 1 aromatic rings. The Balaban J connectivity index is 1.82. The number of likely N-dealkylation sites (tertiary alicyclic amines) is 1. The third-order valence-corrected chi connectivity index (χ3v) is 4.25. The summed E-state index contributed by atoms with van der Waals surface area (Å²) in [6.45, 7) is 6.02. The fourth-order valence-electron chi connectivity index (χ4n) is 2.84. The van der Waals surface area contributed by atoms with Gasteiger partial charge in [0.1, 0.15) is 0 Å². The third-order valence-electron chi connectivity index (χ3n) is 4.25. The van der Waals surface area contributed by atoms with Crippen LogP contribution in [0.25, 0.3) is 0 Å². The number of benzene rings is 1. The molecule has 1 saturated heterocycles. The number of rotatable bonds is 1. The zero-order valence-corrected chi connectivity index (χ0v) is 11.3. The molecule has 1 aromatic carbocycles. The molecule has 1 N–H and O–H groups in total. The largest absolute Gasteiger partial charge is 0.338 e. The number of anilines is 1. The summed E-state index contributed by atoms with van der Waals surface area (Å²) in [6, 6.07) is 5.49. The van der Waals surface area contributed by atoms with Gasteiger partial charge in [-0.15, -0.1) is 0 Å². The maximum absolute atomic E-state index is 12.4. The molecule has 0 aliphatic carbocycles. The molecule has 0 aromatic heterocycles. The highest BCUT2D eigenvalue weighted by Gasteiger charge is 2.30. The van der Waals surface area contributed by atoms with Gasteiger partial charge in [-0.3, -0.25) is 9.59 Å². The number of hydrogen-bond acceptors (Lipinski definition) is 2. The van der Waals surface area contributed by atoms with E-state index in [2.05, 4.69) is 19.2 Å². The van der Waals surface area contributed by atoms with E-state index in [1.807, 2.05) is 17.0 Å². The maximum Gasteiger partial charge on any atom is 0.253 e. The second-order valence-electron chi connectivity index (χ2n) is 5.76. The average Bonchev–Trinajstić information content (AvgIpc) is 2.90. The normalized spacial score (nSPS) is 25.4. The van der Waals surface area contributed by atoms with Gasteiger partial charge < -0.3 is 10.2 Å². The van der Waals surface area contributed by atoms with Crippen LogP contribution in [-0.4, -0.2) is 29.8 Å². The van der Waals surface area contributed by atoms with Crippen molar-refractivity contribution < 1.29 is 9.59 Å². The number of nitrogens with zero attached hydrogens (tertiary/aromatic N) is 1. The summed E-state index contributed by atoms with van der Waals surface area (Å²) >= 11 is 0. The number of hydrogen-bond donors (Lipinski definition) is 1. The molecule has 0 saturated carbocycles. The van der Waals surface area contributed by atoms with Crippen molar-refractivity contribution in [1.82, 2.24) is 4.90 Å². The predicted molar refractivity (Wildman–Crippen MR) is 73.0 cm³/mol. The Morgan fingerprint density at radius 1 is 1.26 bits per heavy atom. The van der Waals surface area contributed by atoms with E-state index in [9.17, 15) is 9.59 Å². The first-order valence-corrected chi connectivity index (χ1v) is 6.76. The molecule has 2 aliphatic rings. The highest BCUT2D eigenvalue weighted by Crippen LogP contribution is 2.27. The van der Waals surface area contributed by atoms with E-state index >= 15 is 0 Å². The van der Waals surface area contributed by atoms with E-state index in [1.54, 1.807) is 6.07 Å². The molecule has 2 atom stereocenters. The lowest BCUT2D eigenvalue weighted by Crippen LogP contribution is -2.28. The molecule has 4 nitrogen and oxygen atoms in total. The molecule has 1 fully saturated rings. The van der Waals surface area contributed by atoms with Gasteiger partial charge in [-0.25, -0.2) is 0 Å². The number of amides is 2. The average molecular weight is 258 g/mol. The minimum Gasteiger partial charge on any atom is -0.338 e. The van der Waals surface area contributed by atoms with Crippen LogP contribution in [0.1, 0.15) is 29.8 Å². The Morgan fingerprint density at radius 3 is 2.63 bits per heavy atom. The van der Waals surface area contributed by atoms with Crippen LogP contribution in [0.3, 0.4) is 0 Å². The Bertz CT molecular complexity index is 543. The molecule has 0 radical (unpaired) electrons. The smallest absolute Gasteiger partial charge is 0.253 e. The van der Waals surface area contributed by atoms with E-state index < -0.39 is 0 Å². The van der Waals surface area contributed by atoms with E-state index in [-0.39, 0.29) is 11.8 Å². The third kappa shape index (κ3) is 2.11. The molecule has 2 unspecified atom stereocenters. The number of nitrogens with one attached hydrogen (secondary N) is 1. The first-order valence-electron chi connectivity index (χ1n) is 6.76. The van der Waals surface area contributed by atoms with Gasteiger partial charge in [-0.1, -0.05) is 13.8 Å². The first-order chi connectivity index (χ1) is 9.04. The van der Waals surface area contributed by atoms with Crippen LogP contribution >= 0.6 is 0 Å². The summed E-state index contributed by atoms with van der Waals surface area (Å²) < 4.78 is 0. The molecular formula is C15H18N2O2. The van der Waals surface area contributed by atoms with E-state index in [1.165, 1.54) is 0 Å². The molecule has 2 heterocycles. The van der Waals surface area contributed by atoms with Crippen molar-refractivity contribution in [1.29, 1.82) is 0 Å². The van der Waals surface area contributed by atoms with Crippen LogP contribution in [0.5, 0.6) is 0 Å². The zero-order chi connectivity index (χ0) is 13.6. The second-order valence-corrected chi connectivity index (χ2v) is 5.76. The minimum atomic E-state index is 0.00279. The van der Waals surface area contributed by atoms with Crippen molar-refractivity contribution in [2.24, 2.45) is 11.8 Å². The van der Waals surface area contributed by atoms with Crippen LogP contribution in [0, 0.1) is 11.8 Å². The molecular weight excluding hydrogens is 240 g/mol. The standard InChI is InChI=1S/C15H18N2O2/c1-9-7-17(8-10(9)2)15(19)11-3-4-13-12(5-11)6-14(18)16-13/h3-5,9-10H,6-8H2,1-2H3,(H,16,18). The van der Waals surface area contributed by atoms with Gasteiger partial charge in [0.05, 0.1) is 6.42 Å². The van der Waals surface area contributed by atoms with Gasteiger partial charge in [0.2, 0.25) is 5.91 Å². The molecule has 4 heteroatoms. The van der Waals surface area contributed by atoms with Gasteiger partial charge >= 0.3 is 0 Å². The summed E-state index contributed by atoms with van der Waals surface area (Å²) in [5.41, 5.74) is 2.46. The van der Waals surface area contributed by atoms with Gasteiger partial charge in [0.15, 0.2) is 0 Å². The molecule has 0 spiro atoms. The molecule has 100 valence electrons. The molecule has 2 amide bonds. The molecule has 3 rings (SSSR count). The highest BCUT2D eigenvalue weighted by atomic mass is 16.2. The van der Waals surface area contributed by atoms with Crippen molar-refractivity contribution >= 4 is 17.5 Å². The summed E-state index contributed by atoms with van der Waals surface area (Å²) in [7, 11) is 0. The Labute approximate surface area is 112 Å². The second kappa shape index (κ2) is 4.37. The van der Waals surface area contributed by atoms with E-state index in [0.717, 1.165) is 24.3 Å². The zero-order valence-electron chi connectivity index (χ0n) is 11.3. The first kappa shape index (κ1) is 12.2. The lowest BCUT2D eigenvalue weighted by atomic mass is 10.0. The lowest BCUT2D eigenvalue weighted by Gasteiger charge is -2.16. The van der Waals surface area contributed by atoms with Crippen LogP contribution in [0.2, 0.25) is 0 Å². The predicted octanol–water partition coefficient (Wildman–Crippen LogP) is 1.91. The summed E-state index contributed by atoms with van der Waals surface area (Å²) in [6.07, 6.45) is 0.378. The van der Waals surface area contributed by atoms with E-state index in [4.69, 9.17) is 0 Å². The monoisotopic (exact) mass is 258 g/mol. The summed E-state index contributed by atoms with van der Waals surface area (Å²) in [5.74, 6) is 1.20. The van der Waals surface area contributed by atoms with Gasteiger partial charge in [-0.05, 0) is 35.6 Å². The summed E-state index contributed by atoms with van der Waals surface area (Å²) in [5, 5.41) is 2.78. The van der Waals surface area contributed by atoms with E-state index in [0.29, 0.717) is 23.8 Å². The molecule has 2 aliphatic heterocycles. The molecule has 19 heavy (non-hydrogen) atoms. The van der Waals surface area contributed by atoms with Gasteiger partial charge in [-0.2, -0.15) is 0 Å². The SMILES string of the molecule is CC1CN(C(=O)c2ccc3c(c2)CC(=O)N3)CC1C. The van der Waals surface area contributed by atoms with Crippen molar-refractivity contribution in [3.05, 3.63) is 29.3 Å². The van der Waals surface area contributed by atoms with Crippen LogP contribution < -0.4 is 5.32 Å². The quantitative estimate of drug-likeness (QED) is 0.836. The number of fused-ring (bicyclic) bond motifs is 1. The maximum atomic E-state index is 12.4. The van der Waals surface area contributed by atoms with Gasteiger partial charge in [0.25, 0.3) is 5.91 Å². The van der Waals surface area contributed by atoms with Crippen LogP contribution in [0.15, 0.2) is 18.2 Å². The van der Waals surface area contributed by atoms with Crippen molar-refractivity contribution in [2.75, 3.05) is 18.4 Å². The fraction of sp³-hybridized carbons (Fsp3) is 0.467. The van der Waals surface area contributed by atoms with Crippen molar-refractivity contribution in [3.63, 3.8) is 0 Å². The minimum absolute atomic E-state index is 0.00279. The van der Waals surface area contributed by atoms with Crippen molar-refractivity contribution in [2.45, 2.75) is 20.3 Å².